The Labute approximate surface area is 213 Å². The van der Waals surface area contributed by atoms with Gasteiger partial charge in [0, 0.05) is 22.1 Å². The van der Waals surface area contributed by atoms with Gasteiger partial charge in [0.25, 0.3) is 5.91 Å². The Morgan fingerprint density at radius 3 is 2.74 bits per heavy atom. The summed E-state index contributed by atoms with van der Waals surface area (Å²) in [6, 6.07) is 16.9. The van der Waals surface area contributed by atoms with Crippen molar-refractivity contribution in [2.24, 2.45) is 5.92 Å². The zero-order chi connectivity index (χ0) is 24.8. The number of anilines is 2. The van der Waals surface area contributed by atoms with Gasteiger partial charge in [-0.25, -0.2) is 4.79 Å². The molecule has 180 valence electrons. The minimum atomic E-state index is -0.588. The maximum absolute atomic E-state index is 12.7. The maximum Gasteiger partial charge on any atom is 0.340 e. The van der Waals surface area contributed by atoms with Crippen molar-refractivity contribution in [3.05, 3.63) is 80.7 Å². The normalized spacial score (nSPS) is 14.5. The summed E-state index contributed by atoms with van der Waals surface area (Å²) in [5, 5.41) is 16.9. The highest BCUT2D eigenvalue weighted by molar-refractivity contribution is 7.16. The van der Waals surface area contributed by atoms with Crippen molar-refractivity contribution in [1.82, 2.24) is 0 Å². The molecule has 1 unspecified atom stereocenters. The zero-order valence-corrected chi connectivity index (χ0v) is 21.0. The van der Waals surface area contributed by atoms with Crippen LogP contribution in [-0.4, -0.2) is 25.0 Å². The third kappa shape index (κ3) is 6.21. The van der Waals surface area contributed by atoms with Crippen molar-refractivity contribution in [2.45, 2.75) is 32.6 Å². The third-order valence-electron chi connectivity index (χ3n) is 6.00. The fraction of sp³-hybridized carbons (Fsp3) is 0.296. The molecule has 0 spiro atoms. The van der Waals surface area contributed by atoms with Gasteiger partial charge in [-0.15, -0.1) is 11.3 Å². The third-order valence-corrected chi connectivity index (χ3v) is 7.42. The second-order valence-electron chi connectivity index (χ2n) is 8.64. The molecule has 1 amide bonds. The highest BCUT2D eigenvalue weighted by Crippen LogP contribution is 2.39. The minimum Gasteiger partial charge on any atom is -0.452 e. The van der Waals surface area contributed by atoms with Crippen LogP contribution in [0.2, 0.25) is 5.02 Å². The van der Waals surface area contributed by atoms with Gasteiger partial charge < -0.3 is 15.4 Å². The molecule has 0 bridgehead atoms. The smallest absolute Gasteiger partial charge is 0.340 e. The molecule has 6 nitrogen and oxygen atoms in total. The monoisotopic (exact) mass is 507 g/mol. The zero-order valence-electron chi connectivity index (χ0n) is 19.4. The van der Waals surface area contributed by atoms with Gasteiger partial charge in [-0.05, 0) is 67.0 Å². The number of nitrogens with zero attached hydrogens (tertiary/aromatic N) is 1. The van der Waals surface area contributed by atoms with Crippen LogP contribution in [0.1, 0.15) is 45.3 Å². The van der Waals surface area contributed by atoms with E-state index in [9.17, 15) is 14.9 Å². The van der Waals surface area contributed by atoms with E-state index in [1.807, 2.05) is 30.3 Å². The SMILES string of the molecule is CC1CCc2c(sc(NC(=O)COC(=O)c3ccccc3NCCc3ccc(Cl)cc3)c2C#N)C1. The Balaban J connectivity index is 1.33. The first-order valence-electron chi connectivity index (χ1n) is 11.5. The highest BCUT2D eigenvalue weighted by Gasteiger charge is 2.25. The van der Waals surface area contributed by atoms with Crippen molar-refractivity contribution < 1.29 is 14.3 Å². The van der Waals surface area contributed by atoms with E-state index in [4.69, 9.17) is 16.3 Å². The van der Waals surface area contributed by atoms with Gasteiger partial charge >= 0.3 is 5.97 Å². The number of amides is 1. The summed E-state index contributed by atoms with van der Waals surface area (Å²) in [5.74, 6) is -0.485. The van der Waals surface area contributed by atoms with Crippen LogP contribution in [0.4, 0.5) is 10.7 Å². The Hall–Kier alpha value is -3.34. The number of nitriles is 1. The first-order valence-corrected chi connectivity index (χ1v) is 12.7. The highest BCUT2D eigenvalue weighted by atomic mass is 35.5. The number of ether oxygens (including phenoxy) is 1. The standard InChI is InChI=1S/C27H26ClN3O3S/c1-17-6-11-20-22(15-29)26(35-24(20)14-17)31-25(32)16-34-27(33)21-4-2-3-5-23(21)30-13-12-18-7-9-19(28)10-8-18/h2-5,7-10,17,30H,6,11-14,16H2,1H3,(H,31,32). The van der Waals surface area contributed by atoms with Crippen LogP contribution < -0.4 is 10.6 Å². The first kappa shape index (κ1) is 24.8. The second-order valence-corrected chi connectivity index (χ2v) is 10.2. The average Bonchev–Trinajstić information content (AvgIpc) is 3.19. The molecule has 4 rings (SSSR count). The average molecular weight is 508 g/mol. The molecule has 35 heavy (non-hydrogen) atoms. The quantitative estimate of drug-likeness (QED) is 0.373. The lowest BCUT2D eigenvalue weighted by Gasteiger charge is -2.17. The minimum absolute atomic E-state index is 0.356. The number of hydrogen-bond donors (Lipinski definition) is 2. The van der Waals surface area contributed by atoms with Crippen LogP contribution in [0.5, 0.6) is 0 Å². The second kappa shape index (κ2) is 11.4. The first-order chi connectivity index (χ1) is 16.9. The molecule has 1 heterocycles. The lowest BCUT2D eigenvalue weighted by molar-refractivity contribution is -0.119. The molecule has 3 aromatic rings. The summed E-state index contributed by atoms with van der Waals surface area (Å²) in [7, 11) is 0. The number of esters is 1. The number of benzene rings is 2. The van der Waals surface area contributed by atoms with Crippen LogP contribution in [-0.2, 0) is 28.8 Å². The molecule has 1 aromatic heterocycles. The number of carbonyl (C=O) groups is 2. The Morgan fingerprint density at radius 2 is 1.97 bits per heavy atom. The molecule has 2 aromatic carbocycles. The molecule has 0 aliphatic heterocycles. The van der Waals surface area contributed by atoms with E-state index in [0.717, 1.165) is 41.7 Å². The molecule has 0 radical (unpaired) electrons. The molecule has 0 saturated carbocycles. The van der Waals surface area contributed by atoms with Gasteiger partial charge in [0.15, 0.2) is 6.61 Å². The Kier molecular flexibility index (Phi) is 8.06. The van der Waals surface area contributed by atoms with Gasteiger partial charge in [-0.1, -0.05) is 42.8 Å². The number of thiophene rings is 1. The molecule has 8 heteroatoms. The summed E-state index contributed by atoms with van der Waals surface area (Å²) < 4.78 is 5.29. The fourth-order valence-corrected chi connectivity index (χ4v) is 5.64. The van der Waals surface area contributed by atoms with Crippen molar-refractivity contribution in [1.29, 1.82) is 5.26 Å². The summed E-state index contributed by atoms with van der Waals surface area (Å²) in [5.41, 5.74) is 3.70. The van der Waals surface area contributed by atoms with Crippen LogP contribution in [0.15, 0.2) is 48.5 Å². The topological polar surface area (TPSA) is 91.2 Å². The molecule has 1 aliphatic rings. The fourth-order valence-electron chi connectivity index (χ4n) is 4.14. The van der Waals surface area contributed by atoms with Crippen molar-refractivity contribution in [3.8, 4) is 6.07 Å². The summed E-state index contributed by atoms with van der Waals surface area (Å²) in [6.45, 7) is 2.38. The molecule has 0 saturated heterocycles. The maximum atomic E-state index is 12.7. The lowest BCUT2D eigenvalue weighted by atomic mass is 9.89. The van der Waals surface area contributed by atoms with E-state index < -0.39 is 18.5 Å². The lowest BCUT2D eigenvalue weighted by Crippen LogP contribution is -2.21. The van der Waals surface area contributed by atoms with Crippen molar-refractivity contribution in [2.75, 3.05) is 23.8 Å². The van der Waals surface area contributed by atoms with Crippen LogP contribution in [0.3, 0.4) is 0 Å². The molecular formula is C27H26ClN3O3S. The van der Waals surface area contributed by atoms with E-state index >= 15 is 0 Å². The van der Waals surface area contributed by atoms with Gasteiger partial charge in [0.1, 0.15) is 11.1 Å². The number of para-hydroxylation sites is 1. The van der Waals surface area contributed by atoms with E-state index in [2.05, 4.69) is 23.6 Å². The molecule has 1 atom stereocenters. The number of hydrogen-bond acceptors (Lipinski definition) is 6. The predicted octanol–water partition coefficient (Wildman–Crippen LogP) is 5.85. The number of halogens is 1. The summed E-state index contributed by atoms with van der Waals surface area (Å²) in [6.07, 6.45) is 3.56. The van der Waals surface area contributed by atoms with Crippen LogP contribution >= 0.6 is 22.9 Å². The summed E-state index contributed by atoms with van der Waals surface area (Å²) in [4.78, 5) is 26.4. The van der Waals surface area contributed by atoms with Crippen molar-refractivity contribution in [3.63, 3.8) is 0 Å². The van der Waals surface area contributed by atoms with Gasteiger partial charge in [0.05, 0.1) is 11.1 Å². The van der Waals surface area contributed by atoms with Crippen LogP contribution in [0.25, 0.3) is 0 Å². The predicted molar refractivity (Wildman–Crippen MR) is 139 cm³/mol. The van der Waals surface area contributed by atoms with E-state index in [0.29, 0.717) is 39.3 Å². The number of rotatable bonds is 8. The molecule has 2 N–H and O–H groups in total. The van der Waals surface area contributed by atoms with E-state index in [1.54, 1.807) is 18.2 Å². The molecule has 0 fully saturated rings. The van der Waals surface area contributed by atoms with Crippen molar-refractivity contribution >= 4 is 45.5 Å². The van der Waals surface area contributed by atoms with Gasteiger partial charge in [0.2, 0.25) is 0 Å². The van der Waals surface area contributed by atoms with E-state index in [-0.39, 0.29) is 0 Å². The number of fused-ring (bicyclic) bond motifs is 1. The Bertz CT molecular complexity index is 1260. The van der Waals surface area contributed by atoms with Gasteiger partial charge in [-0.3, -0.25) is 4.79 Å². The number of nitrogens with one attached hydrogen (secondary N) is 2. The summed E-state index contributed by atoms with van der Waals surface area (Å²) >= 11 is 7.38. The molecular weight excluding hydrogens is 482 g/mol. The largest absolute Gasteiger partial charge is 0.452 e. The van der Waals surface area contributed by atoms with Crippen LogP contribution in [0, 0.1) is 17.2 Å². The van der Waals surface area contributed by atoms with Gasteiger partial charge in [-0.2, -0.15) is 5.26 Å². The Morgan fingerprint density at radius 1 is 1.20 bits per heavy atom. The molecule has 1 aliphatic carbocycles. The van der Waals surface area contributed by atoms with E-state index in [1.165, 1.54) is 11.3 Å². The number of carbonyl (C=O) groups excluding carboxylic acids is 2.